The van der Waals surface area contributed by atoms with Crippen LogP contribution in [0.1, 0.15) is 64.2 Å². The van der Waals surface area contributed by atoms with E-state index in [0.717, 1.165) is 23.7 Å². The van der Waals surface area contributed by atoms with Crippen LogP contribution < -0.4 is 5.73 Å². The molecule has 3 rings (SSSR count). The van der Waals surface area contributed by atoms with Gasteiger partial charge in [-0.05, 0) is 62.2 Å². The predicted molar refractivity (Wildman–Crippen MR) is 68.1 cm³/mol. The van der Waals surface area contributed by atoms with Crippen LogP contribution >= 0.6 is 0 Å². The van der Waals surface area contributed by atoms with Crippen LogP contribution in [0.4, 0.5) is 0 Å². The fourth-order valence-electron chi connectivity index (χ4n) is 4.76. The lowest BCUT2D eigenvalue weighted by atomic mass is 9.78. The van der Waals surface area contributed by atoms with Crippen molar-refractivity contribution in [1.82, 2.24) is 0 Å². The molecule has 0 aromatic carbocycles. The Balaban J connectivity index is 1.56. The van der Waals surface area contributed by atoms with E-state index in [-0.39, 0.29) is 0 Å². The standard InChI is InChI=1S/C15H27N/c16-15-5-3-1-2-4-13(15)10-14-9-11-6-7-12(14)8-11/h11-15H,1-10,16H2. The van der Waals surface area contributed by atoms with Crippen molar-refractivity contribution >= 4 is 0 Å². The minimum atomic E-state index is 0.529. The fraction of sp³-hybridized carbons (Fsp3) is 1.00. The Labute approximate surface area is 100 Å². The van der Waals surface area contributed by atoms with Crippen molar-refractivity contribution < 1.29 is 0 Å². The Kier molecular flexibility index (Phi) is 3.24. The first kappa shape index (κ1) is 11.1. The van der Waals surface area contributed by atoms with Crippen LogP contribution in [0.15, 0.2) is 0 Å². The Morgan fingerprint density at radius 1 is 0.812 bits per heavy atom. The molecule has 92 valence electrons. The first-order valence-electron chi connectivity index (χ1n) is 7.58. The van der Waals surface area contributed by atoms with Gasteiger partial charge in [-0.15, -0.1) is 0 Å². The minimum absolute atomic E-state index is 0.529. The van der Waals surface area contributed by atoms with Crippen molar-refractivity contribution in [2.24, 2.45) is 29.4 Å². The van der Waals surface area contributed by atoms with Crippen LogP contribution in [0.3, 0.4) is 0 Å². The van der Waals surface area contributed by atoms with Crippen LogP contribution in [0, 0.1) is 23.7 Å². The third kappa shape index (κ3) is 2.16. The van der Waals surface area contributed by atoms with Crippen molar-refractivity contribution in [3.05, 3.63) is 0 Å². The highest BCUT2D eigenvalue weighted by atomic mass is 14.7. The molecule has 16 heavy (non-hydrogen) atoms. The summed E-state index contributed by atoms with van der Waals surface area (Å²) in [7, 11) is 0. The summed E-state index contributed by atoms with van der Waals surface area (Å²) >= 11 is 0. The van der Waals surface area contributed by atoms with Gasteiger partial charge in [0.15, 0.2) is 0 Å². The maximum atomic E-state index is 6.36. The quantitative estimate of drug-likeness (QED) is 0.707. The lowest BCUT2D eigenvalue weighted by Gasteiger charge is -2.29. The second-order valence-electron chi connectivity index (χ2n) is 6.73. The lowest BCUT2D eigenvalue weighted by Crippen LogP contribution is -2.31. The molecular formula is C15H27N. The SMILES string of the molecule is NC1CCCCCC1CC1CC2CCC1C2. The van der Waals surface area contributed by atoms with Gasteiger partial charge in [-0.25, -0.2) is 0 Å². The van der Waals surface area contributed by atoms with Gasteiger partial charge in [-0.2, -0.15) is 0 Å². The Hall–Kier alpha value is -0.0400. The smallest absolute Gasteiger partial charge is 0.00672 e. The van der Waals surface area contributed by atoms with Gasteiger partial charge in [-0.3, -0.25) is 0 Å². The number of nitrogens with two attached hydrogens (primary N) is 1. The molecule has 3 fully saturated rings. The molecule has 5 atom stereocenters. The summed E-state index contributed by atoms with van der Waals surface area (Å²) in [6.07, 6.45) is 14.6. The molecule has 5 unspecified atom stereocenters. The molecule has 3 saturated carbocycles. The first-order valence-corrected chi connectivity index (χ1v) is 7.58. The van der Waals surface area contributed by atoms with Gasteiger partial charge in [0.2, 0.25) is 0 Å². The minimum Gasteiger partial charge on any atom is -0.327 e. The van der Waals surface area contributed by atoms with E-state index in [4.69, 9.17) is 5.73 Å². The van der Waals surface area contributed by atoms with Gasteiger partial charge < -0.3 is 5.73 Å². The first-order chi connectivity index (χ1) is 7.83. The van der Waals surface area contributed by atoms with Crippen LogP contribution in [-0.4, -0.2) is 6.04 Å². The fourth-order valence-corrected chi connectivity index (χ4v) is 4.76. The van der Waals surface area contributed by atoms with E-state index in [1.165, 1.54) is 51.4 Å². The lowest BCUT2D eigenvalue weighted by molar-refractivity contribution is 0.238. The van der Waals surface area contributed by atoms with Crippen LogP contribution in [-0.2, 0) is 0 Å². The van der Waals surface area contributed by atoms with E-state index in [0.29, 0.717) is 6.04 Å². The van der Waals surface area contributed by atoms with Crippen LogP contribution in [0.2, 0.25) is 0 Å². The summed E-state index contributed by atoms with van der Waals surface area (Å²) in [5.74, 6) is 4.14. The molecule has 0 aromatic heterocycles. The van der Waals surface area contributed by atoms with Crippen LogP contribution in [0.5, 0.6) is 0 Å². The largest absolute Gasteiger partial charge is 0.327 e. The second kappa shape index (κ2) is 4.68. The Morgan fingerprint density at radius 2 is 1.69 bits per heavy atom. The highest BCUT2D eigenvalue weighted by Gasteiger charge is 2.40. The molecule has 0 saturated heterocycles. The van der Waals surface area contributed by atoms with E-state index in [2.05, 4.69) is 0 Å². The summed E-state index contributed by atoms with van der Waals surface area (Å²) in [5.41, 5.74) is 6.36. The molecule has 2 N–H and O–H groups in total. The van der Waals surface area contributed by atoms with Crippen LogP contribution in [0.25, 0.3) is 0 Å². The molecule has 1 nitrogen and oxygen atoms in total. The average Bonchev–Trinajstić information content (AvgIpc) is 2.83. The van der Waals surface area contributed by atoms with Crippen molar-refractivity contribution in [2.75, 3.05) is 0 Å². The molecule has 0 radical (unpaired) electrons. The Bertz CT molecular complexity index is 238. The molecule has 1 heteroatoms. The second-order valence-corrected chi connectivity index (χ2v) is 6.73. The van der Waals surface area contributed by atoms with Gasteiger partial charge in [0.1, 0.15) is 0 Å². The topological polar surface area (TPSA) is 26.0 Å². The summed E-state index contributed by atoms with van der Waals surface area (Å²) in [4.78, 5) is 0. The van der Waals surface area contributed by atoms with E-state index in [1.54, 1.807) is 12.8 Å². The molecular weight excluding hydrogens is 194 g/mol. The van der Waals surface area contributed by atoms with E-state index in [9.17, 15) is 0 Å². The summed E-state index contributed by atoms with van der Waals surface area (Å²) in [5, 5.41) is 0. The Morgan fingerprint density at radius 3 is 2.44 bits per heavy atom. The maximum Gasteiger partial charge on any atom is 0.00672 e. The molecule has 3 aliphatic rings. The monoisotopic (exact) mass is 221 g/mol. The average molecular weight is 221 g/mol. The number of hydrogen-bond acceptors (Lipinski definition) is 1. The van der Waals surface area contributed by atoms with Gasteiger partial charge in [0.05, 0.1) is 0 Å². The van der Waals surface area contributed by atoms with Gasteiger partial charge >= 0.3 is 0 Å². The molecule has 0 aromatic rings. The molecule has 3 aliphatic carbocycles. The zero-order chi connectivity index (χ0) is 11.0. The third-order valence-corrected chi connectivity index (χ3v) is 5.71. The summed E-state index contributed by atoms with van der Waals surface area (Å²) < 4.78 is 0. The van der Waals surface area contributed by atoms with Crippen molar-refractivity contribution in [3.63, 3.8) is 0 Å². The van der Waals surface area contributed by atoms with Gasteiger partial charge in [-0.1, -0.05) is 25.7 Å². The van der Waals surface area contributed by atoms with Gasteiger partial charge in [0, 0.05) is 6.04 Å². The van der Waals surface area contributed by atoms with Crippen molar-refractivity contribution in [3.8, 4) is 0 Å². The van der Waals surface area contributed by atoms with Crippen molar-refractivity contribution in [1.29, 1.82) is 0 Å². The van der Waals surface area contributed by atoms with Gasteiger partial charge in [0.25, 0.3) is 0 Å². The number of rotatable bonds is 2. The highest BCUT2D eigenvalue weighted by Crippen LogP contribution is 2.51. The van der Waals surface area contributed by atoms with Crippen molar-refractivity contribution in [2.45, 2.75) is 70.3 Å². The highest BCUT2D eigenvalue weighted by molar-refractivity contribution is 4.92. The normalized spacial score (nSPS) is 48.2. The summed E-state index contributed by atoms with van der Waals surface area (Å²) in [6, 6.07) is 0.529. The van der Waals surface area contributed by atoms with E-state index >= 15 is 0 Å². The predicted octanol–water partition coefficient (Wildman–Crippen LogP) is 3.72. The number of hydrogen-bond donors (Lipinski definition) is 1. The summed E-state index contributed by atoms with van der Waals surface area (Å²) in [6.45, 7) is 0. The molecule has 0 amide bonds. The maximum absolute atomic E-state index is 6.36. The number of fused-ring (bicyclic) bond motifs is 2. The zero-order valence-electron chi connectivity index (χ0n) is 10.5. The molecule has 0 aliphatic heterocycles. The third-order valence-electron chi connectivity index (χ3n) is 5.71. The molecule has 2 bridgehead atoms. The zero-order valence-corrected chi connectivity index (χ0v) is 10.5. The molecule has 0 spiro atoms. The molecule has 0 heterocycles. The van der Waals surface area contributed by atoms with E-state index < -0.39 is 0 Å². The van der Waals surface area contributed by atoms with E-state index in [1.807, 2.05) is 0 Å².